The Morgan fingerprint density at radius 3 is 1.79 bits per heavy atom. The van der Waals surface area contributed by atoms with Crippen molar-refractivity contribution in [1.82, 2.24) is 0 Å². The zero-order chi connectivity index (χ0) is 21.2. The summed E-state index contributed by atoms with van der Waals surface area (Å²) >= 11 is 0. The molecule has 0 aliphatic rings. The third-order valence-electron chi connectivity index (χ3n) is 4.46. The first kappa shape index (κ1) is 26.4. The lowest BCUT2D eigenvalue weighted by Gasteiger charge is -2.21. The molecule has 2 unspecified atom stereocenters. The van der Waals surface area contributed by atoms with Gasteiger partial charge in [-0.2, -0.15) is 0 Å². The lowest BCUT2D eigenvalue weighted by Crippen LogP contribution is -2.33. The molecule has 0 rings (SSSR count). The highest BCUT2D eigenvalue weighted by Crippen LogP contribution is 2.21. The van der Waals surface area contributed by atoms with Crippen molar-refractivity contribution in [3.63, 3.8) is 0 Å². The molecule has 0 aliphatic carbocycles. The summed E-state index contributed by atoms with van der Waals surface area (Å²) in [4.78, 5) is 36.8. The van der Waals surface area contributed by atoms with Gasteiger partial charge in [0.05, 0.1) is 38.1 Å². The minimum absolute atomic E-state index is 0.0329. The van der Waals surface area contributed by atoms with Gasteiger partial charge in [0, 0.05) is 6.61 Å². The topological polar surface area (TPSA) is 99.1 Å². The molecule has 0 saturated heterocycles. The quantitative estimate of drug-likeness (QED) is 0.226. The summed E-state index contributed by atoms with van der Waals surface area (Å²) in [6, 6.07) is 0. The van der Waals surface area contributed by atoms with Crippen LogP contribution in [-0.2, 0) is 28.6 Å². The fourth-order valence-corrected chi connectivity index (χ4v) is 2.55. The van der Waals surface area contributed by atoms with E-state index in [4.69, 9.17) is 19.3 Å². The first-order valence-electron chi connectivity index (χ1n) is 10.6. The zero-order valence-electron chi connectivity index (χ0n) is 17.7. The van der Waals surface area contributed by atoms with Crippen LogP contribution in [0.4, 0.5) is 0 Å². The number of aliphatic hydroxyl groups excluding tert-OH is 1. The van der Waals surface area contributed by atoms with Gasteiger partial charge < -0.3 is 19.3 Å². The summed E-state index contributed by atoms with van der Waals surface area (Å²) in [5.74, 6) is -3.34. The summed E-state index contributed by atoms with van der Waals surface area (Å²) in [5, 5.41) is 8.76. The molecule has 0 aromatic carbocycles. The van der Waals surface area contributed by atoms with Crippen molar-refractivity contribution < 1.29 is 33.7 Å². The minimum Gasteiger partial charge on any atom is -0.466 e. The lowest BCUT2D eigenvalue weighted by atomic mass is 9.91. The molecule has 7 heteroatoms. The Labute approximate surface area is 169 Å². The second kappa shape index (κ2) is 17.5. The van der Waals surface area contributed by atoms with Gasteiger partial charge in [-0.15, -0.1) is 0 Å². The third-order valence-corrected chi connectivity index (χ3v) is 4.46. The van der Waals surface area contributed by atoms with Crippen LogP contribution in [0.1, 0.15) is 78.6 Å². The smallest absolute Gasteiger partial charge is 0.310 e. The van der Waals surface area contributed by atoms with E-state index in [2.05, 4.69) is 6.92 Å². The van der Waals surface area contributed by atoms with Gasteiger partial charge in [-0.05, 0) is 25.7 Å². The minimum atomic E-state index is -0.925. The first-order chi connectivity index (χ1) is 13.5. The van der Waals surface area contributed by atoms with E-state index in [1.165, 1.54) is 0 Å². The number of hydrogen-bond acceptors (Lipinski definition) is 7. The molecule has 0 bridgehead atoms. The van der Waals surface area contributed by atoms with E-state index < -0.39 is 29.7 Å². The van der Waals surface area contributed by atoms with Gasteiger partial charge in [0.2, 0.25) is 0 Å². The highest BCUT2D eigenvalue weighted by atomic mass is 16.5. The van der Waals surface area contributed by atoms with Gasteiger partial charge in [0.25, 0.3) is 0 Å². The predicted octanol–water partition coefficient (Wildman–Crippen LogP) is 3.41. The molecule has 0 heterocycles. The van der Waals surface area contributed by atoms with Crippen LogP contribution in [0.25, 0.3) is 0 Å². The van der Waals surface area contributed by atoms with Gasteiger partial charge in [0.1, 0.15) is 0 Å². The van der Waals surface area contributed by atoms with Crippen LogP contribution in [0.3, 0.4) is 0 Å². The summed E-state index contributed by atoms with van der Waals surface area (Å²) in [7, 11) is 0. The Hall–Kier alpha value is -1.63. The van der Waals surface area contributed by atoms with Gasteiger partial charge in [0.15, 0.2) is 0 Å². The van der Waals surface area contributed by atoms with Crippen LogP contribution < -0.4 is 0 Å². The standard InChI is InChI=1S/C21H38O7/c1-4-6-9-14-27-20(24)17(3)18(21(25)28-15-10-7-5-2)16-19(23)26-13-11-8-12-22/h17-18,22H,4-16H2,1-3H3. The number of aliphatic hydroxyl groups is 1. The fraction of sp³-hybridized carbons (Fsp3) is 0.857. The number of carbonyl (C=O) groups is 3. The molecule has 0 fully saturated rings. The van der Waals surface area contributed by atoms with E-state index in [0.717, 1.165) is 38.5 Å². The second-order valence-electron chi connectivity index (χ2n) is 7.00. The molecule has 0 aromatic heterocycles. The number of rotatable bonds is 17. The maximum Gasteiger partial charge on any atom is 0.310 e. The SMILES string of the molecule is CCCCCOC(=O)C(C)C(CC(=O)OCCCCO)C(=O)OCCCCC. The van der Waals surface area contributed by atoms with Crippen LogP contribution in [-0.4, -0.2) is 49.4 Å². The molecule has 2 atom stereocenters. The van der Waals surface area contributed by atoms with Gasteiger partial charge >= 0.3 is 17.9 Å². The van der Waals surface area contributed by atoms with Gasteiger partial charge in [-0.1, -0.05) is 46.5 Å². The monoisotopic (exact) mass is 402 g/mol. The largest absolute Gasteiger partial charge is 0.466 e. The Bertz CT molecular complexity index is 436. The maximum atomic E-state index is 12.5. The lowest BCUT2D eigenvalue weighted by molar-refractivity contribution is -0.164. The van der Waals surface area contributed by atoms with Gasteiger partial charge in [-0.3, -0.25) is 14.4 Å². The summed E-state index contributed by atoms with van der Waals surface area (Å²) in [6.07, 6.45) is 6.30. The van der Waals surface area contributed by atoms with Gasteiger partial charge in [-0.25, -0.2) is 0 Å². The van der Waals surface area contributed by atoms with E-state index >= 15 is 0 Å². The van der Waals surface area contributed by atoms with Crippen LogP contribution in [0.5, 0.6) is 0 Å². The van der Waals surface area contributed by atoms with Crippen molar-refractivity contribution in [2.24, 2.45) is 11.8 Å². The van der Waals surface area contributed by atoms with E-state index in [9.17, 15) is 14.4 Å². The van der Waals surface area contributed by atoms with Crippen molar-refractivity contribution in [3.05, 3.63) is 0 Å². The molecule has 0 amide bonds. The molecule has 0 aromatic rings. The van der Waals surface area contributed by atoms with E-state index in [1.807, 2.05) is 6.92 Å². The molecular formula is C21H38O7. The molecule has 0 spiro atoms. The van der Waals surface area contributed by atoms with Crippen molar-refractivity contribution in [2.45, 2.75) is 78.6 Å². The molecule has 0 saturated carbocycles. The van der Waals surface area contributed by atoms with Crippen molar-refractivity contribution >= 4 is 17.9 Å². The Balaban J connectivity index is 4.73. The number of hydrogen-bond donors (Lipinski definition) is 1. The average molecular weight is 403 g/mol. The maximum absolute atomic E-state index is 12.5. The van der Waals surface area contributed by atoms with E-state index in [-0.39, 0.29) is 26.2 Å². The Morgan fingerprint density at radius 1 is 0.750 bits per heavy atom. The van der Waals surface area contributed by atoms with Crippen molar-refractivity contribution in [3.8, 4) is 0 Å². The fourth-order valence-electron chi connectivity index (χ4n) is 2.55. The molecular weight excluding hydrogens is 364 g/mol. The molecule has 0 radical (unpaired) electrons. The van der Waals surface area contributed by atoms with Crippen LogP contribution in [0.15, 0.2) is 0 Å². The highest BCUT2D eigenvalue weighted by Gasteiger charge is 2.35. The highest BCUT2D eigenvalue weighted by molar-refractivity contribution is 5.85. The van der Waals surface area contributed by atoms with Crippen molar-refractivity contribution in [1.29, 1.82) is 0 Å². The molecule has 28 heavy (non-hydrogen) atoms. The average Bonchev–Trinajstić information content (AvgIpc) is 2.69. The first-order valence-corrected chi connectivity index (χ1v) is 10.6. The van der Waals surface area contributed by atoms with Crippen LogP contribution in [0.2, 0.25) is 0 Å². The summed E-state index contributed by atoms with van der Waals surface area (Å²) in [5.41, 5.74) is 0. The third kappa shape index (κ3) is 12.7. The molecule has 1 N–H and O–H groups in total. The Morgan fingerprint density at radius 2 is 1.25 bits per heavy atom. The number of carbonyl (C=O) groups excluding carboxylic acids is 3. The summed E-state index contributed by atoms with van der Waals surface area (Å²) in [6.45, 7) is 6.47. The van der Waals surface area contributed by atoms with E-state index in [0.29, 0.717) is 19.4 Å². The van der Waals surface area contributed by atoms with Crippen LogP contribution in [0, 0.1) is 11.8 Å². The number of ether oxygens (including phenoxy) is 3. The summed E-state index contributed by atoms with van der Waals surface area (Å²) < 4.78 is 15.6. The van der Waals surface area contributed by atoms with Crippen LogP contribution >= 0.6 is 0 Å². The normalized spacial score (nSPS) is 12.9. The molecule has 7 nitrogen and oxygen atoms in total. The van der Waals surface area contributed by atoms with Crippen molar-refractivity contribution in [2.75, 3.05) is 26.4 Å². The molecule has 0 aliphatic heterocycles. The number of esters is 3. The predicted molar refractivity (Wildman–Crippen MR) is 106 cm³/mol. The zero-order valence-corrected chi connectivity index (χ0v) is 17.7. The second-order valence-corrected chi connectivity index (χ2v) is 7.00. The Kier molecular flexibility index (Phi) is 16.5. The number of unbranched alkanes of at least 4 members (excludes halogenated alkanes) is 5. The molecule has 164 valence electrons. The van der Waals surface area contributed by atoms with E-state index in [1.54, 1.807) is 6.92 Å².